The number of imide groups is 2. The SMILES string of the molecule is CC(C)Oc1ccc(/C=C2\C(=O)NC(=O)N(c3ccc(C45CC6CC(CC(C6)C4)C5)cc3)C2=O)cc1Cl. The first kappa shape index (κ1) is 24.2. The van der Waals surface area contributed by atoms with Crippen LogP contribution in [0, 0.1) is 17.8 Å². The van der Waals surface area contributed by atoms with Crippen LogP contribution in [0.1, 0.15) is 63.5 Å². The summed E-state index contributed by atoms with van der Waals surface area (Å²) in [5, 5.41) is 2.68. The maximum absolute atomic E-state index is 13.4. The molecule has 0 aromatic heterocycles. The van der Waals surface area contributed by atoms with Crippen LogP contribution >= 0.6 is 11.6 Å². The summed E-state index contributed by atoms with van der Waals surface area (Å²) in [6.45, 7) is 3.80. The van der Waals surface area contributed by atoms with E-state index < -0.39 is 17.8 Å². The molecule has 6 nitrogen and oxygen atoms in total. The Morgan fingerprint density at radius 3 is 2.16 bits per heavy atom. The minimum Gasteiger partial charge on any atom is -0.489 e. The molecule has 0 spiro atoms. The summed E-state index contributed by atoms with van der Waals surface area (Å²) in [5.74, 6) is 1.63. The van der Waals surface area contributed by atoms with E-state index in [-0.39, 0.29) is 17.1 Å². The molecule has 0 atom stereocenters. The molecule has 5 fully saturated rings. The number of nitrogens with zero attached hydrogens (tertiary/aromatic N) is 1. The molecule has 0 unspecified atom stereocenters. The first-order chi connectivity index (χ1) is 17.7. The fourth-order valence-electron chi connectivity index (χ4n) is 7.44. The van der Waals surface area contributed by atoms with Crippen LogP contribution in [0.3, 0.4) is 0 Å². The number of urea groups is 1. The summed E-state index contributed by atoms with van der Waals surface area (Å²) in [6, 6.07) is 12.2. The molecular weight excluding hydrogens is 488 g/mol. The summed E-state index contributed by atoms with van der Waals surface area (Å²) < 4.78 is 5.66. The molecule has 4 amide bonds. The normalized spacial score (nSPS) is 29.8. The lowest BCUT2D eigenvalue weighted by atomic mass is 9.48. The number of anilines is 1. The van der Waals surface area contributed by atoms with Gasteiger partial charge in [-0.1, -0.05) is 29.8 Å². The summed E-state index contributed by atoms with van der Waals surface area (Å²) in [6.07, 6.45) is 9.27. The minimum atomic E-state index is -0.742. The molecule has 4 saturated carbocycles. The molecule has 0 radical (unpaired) electrons. The minimum absolute atomic E-state index is 0.0405. The van der Waals surface area contributed by atoms with Crippen LogP contribution in [0.4, 0.5) is 10.5 Å². The quantitative estimate of drug-likeness (QED) is 0.374. The zero-order valence-corrected chi connectivity index (χ0v) is 21.9. The number of ether oxygens (including phenoxy) is 1. The Morgan fingerprint density at radius 1 is 0.973 bits per heavy atom. The predicted octanol–water partition coefficient (Wildman–Crippen LogP) is 6.26. The third-order valence-corrected chi connectivity index (χ3v) is 8.80. The highest BCUT2D eigenvalue weighted by Crippen LogP contribution is 2.60. The fraction of sp³-hybridized carbons (Fsp3) is 0.433. The van der Waals surface area contributed by atoms with Gasteiger partial charge in [-0.05, 0) is 117 Å². The fourth-order valence-corrected chi connectivity index (χ4v) is 7.68. The molecule has 1 heterocycles. The Hall–Kier alpha value is -3.12. The van der Waals surface area contributed by atoms with Crippen LogP contribution in [-0.4, -0.2) is 23.9 Å². The lowest BCUT2D eigenvalue weighted by molar-refractivity contribution is -0.122. The summed E-state index contributed by atoms with van der Waals surface area (Å²) in [4.78, 5) is 39.7. The number of carbonyl (C=O) groups excluding carboxylic acids is 3. The second-order valence-corrected chi connectivity index (χ2v) is 12.0. The smallest absolute Gasteiger partial charge is 0.335 e. The summed E-state index contributed by atoms with van der Waals surface area (Å²) in [7, 11) is 0. The second kappa shape index (κ2) is 9.02. The van der Waals surface area contributed by atoms with Gasteiger partial charge in [0.2, 0.25) is 0 Å². The molecule has 2 aromatic rings. The van der Waals surface area contributed by atoms with E-state index >= 15 is 0 Å². The Bertz CT molecular complexity index is 1280. The van der Waals surface area contributed by atoms with Crippen LogP contribution in [-0.2, 0) is 15.0 Å². The Balaban J connectivity index is 1.26. The van der Waals surface area contributed by atoms with Gasteiger partial charge in [0.1, 0.15) is 11.3 Å². The highest BCUT2D eigenvalue weighted by molar-refractivity contribution is 6.39. The molecule has 4 aliphatic carbocycles. The lowest BCUT2D eigenvalue weighted by Crippen LogP contribution is -2.54. The van der Waals surface area contributed by atoms with Crippen molar-refractivity contribution >= 4 is 41.2 Å². The van der Waals surface area contributed by atoms with E-state index in [4.69, 9.17) is 16.3 Å². The van der Waals surface area contributed by atoms with Gasteiger partial charge < -0.3 is 4.74 Å². The number of hydrogen-bond acceptors (Lipinski definition) is 4. The van der Waals surface area contributed by atoms with Gasteiger partial charge in [0.05, 0.1) is 16.8 Å². The maximum atomic E-state index is 13.4. The van der Waals surface area contributed by atoms with Gasteiger partial charge in [-0.2, -0.15) is 0 Å². The Labute approximate surface area is 222 Å². The molecule has 7 heteroatoms. The van der Waals surface area contributed by atoms with Crippen molar-refractivity contribution in [2.24, 2.45) is 17.8 Å². The van der Waals surface area contributed by atoms with E-state index in [1.54, 1.807) is 18.2 Å². The Kier molecular flexibility index (Phi) is 5.90. The van der Waals surface area contributed by atoms with E-state index in [0.29, 0.717) is 22.0 Å². The van der Waals surface area contributed by atoms with Gasteiger partial charge in [0.25, 0.3) is 11.8 Å². The summed E-state index contributed by atoms with van der Waals surface area (Å²) >= 11 is 6.33. The highest BCUT2D eigenvalue weighted by Gasteiger charge is 2.51. The molecule has 2 aromatic carbocycles. The first-order valence-corrected chi connectivity index (χ1v) is 13.6. The third-order valence-electron chi connectivity index (χ3n) is 8.51. The van der Waals surface area contributed by atoms with Crippen LogP contribution in [0.2, 0.25) is 5.02 Å². The zero-order chi connectivity index (χ0) is 25.9. The van der Waals surface area contributed by atoms with Crippen LogP contribution < -0.4 is 15.0 Å². The van der Waals surface area contributed by atoms with Crippen molar-refractivity contribution in [2.75, 3.05) is 4.90 Å². The molecule has 1 saturated heterocycles. The molecular formula is C30H31ClN2O4. The molecule has 4 bridgehead atoms. The van der Waals surface area contributed by atoms with Crippen molar-refractivity contribution < 1.29 is 19.1 Å². The number of carbonyl (C=O) groups is 3. The average molecular weight is 519 g/mol. The number of amides is 4. The topological polar surface area (TPSA) is 75.7 Å². The molecule has 192 valence electrons. The van der Waals surface area contributed by atoms with Gasteiger partial charge in [0, 0.05) is 0 Å². The van der Waals surface area contributed by atoms with Crippen molar-refractivity contribution in [3.05, 3.63) is 64.2 Å². The van der Waals surface area contributed by atoms with Crippen molar-refractivity contribution in [2.45, 2.75) is 63.9 Å². The van der Waals surface area contributed by atoms with E-state index in [1.807, 2.05) is 26.0 Å². The maximum Gasteiger partial charge on any atom is 0.335 e. The standard InChI is InChI=1S/C30H31ClN2O4/c1-17(2)37-26-8-3-18(13-25(26)31)12-24-27(34)32-29(36)33(28(24)35)23-6-4-22(5-7-23)30-14-19-9-20(15-30)11-21(10-19)16-30/h3-8,12-13,17,19-21H,9-11,14-16H2,1-2H3,(H,32,34,36)/b24-12+. The van der Waals surface area contributed by atoms with Crippen molar-refractivity contribution in [3.63, 3.8) is 0 Å². The van der Waals surface area contributed by atoms with Gasteiger partial charge in [-0.15, -0.1) is 0 Å². The number of halogens is 1. The van der Waals surface area contributed by atoms with Crippen molar-refractivity contribution in [1.82, 2.24) is 5.32 Å². The molecule has 7 rings (SSSR count). The third kappa shape index (κ3) is 4.35. The number of nitrogens with one attached hydrogen (secondary N) is 1. The monoisotopic (exact) mass is 518 g/mol. The zero-order valence-electron chi connectivity index (χ0n) is 21.1. The highest BCUT2D eigenvalue weighted by atomic mass is 35.5. The van der Waals surface area contributed by atoms with Crippen molar-refractivity contribution in [3.8, 4) is 5.75 Å². The average Bonchev–Trinajstić information content (AvgIpc) is 2.82. The van der Waals surface area contributed by atoms with E-state index in [0.717, 1.165) is 22.7 Å². The van der Waals surface area contributed by atoms with E-state index in [9.17, 15) is 14.4 Å². The molecule has 1 N–H and O–H groups in total. The van der Waals surface area contributed by atoms with Crippen LogP contribution in [0.25, 0.3) is 6.08 Å². The van der Waals surface area contributed by atoms with E-state index in [1.165, 1.54) is 50.2 Å². The molecule has 5 aliphatic rings. The van der Waals surface area contributed by atoms with Gasteiger partial charge in [0.15, 0.2) is 0 Å². The first-order valence-electron chi connectivity index (χ1n) is 13.2. The van der Waals surface area contributed by atoms with E-state index in [2.05, 4.69) is 17.4 Å². The molecule has 37 heavy (non-hydrogen) atoms. The summed E-state index contributed by atoms with van der Waals surface area (Å²) in [5.41, 5.74) is 2.43. The number of rotatable bonds is 5. The van der Waals surface area contributed by atoms with Gasteiger partial charge >= 0.3 is 6.03 Å². The molecule has 1 aliphatic heterocycles. The number of barbiturate groups is 1. The number of benzene rings is 2. The van der Waals surface area contributed by atoms with Gasteiger partial charge in [-0.3, -0.25) is 14.9 Å². The lowest BCUT2D eigenvalue weighted by Gasteiger charge is -2.57. The number of hydrogen-bond donors (Lipinski definition) is 1. The Morgan fingerprint density at radius 2 is 1.59 bits per heavy atom. The van der Waals surface area contributed by atoms with Crippen LogP contribution in [0.5, 0.6) is 5.75 Å². The predicted molar refractivity (Wildman–Crippen MR) is 143 cm³/mol. The van der Waals surface area contributed by atoms with Crippen LogP contribution in [0.15, 0.2) is 48.0 Å². The van der Waals surface area contributed by atoms with Gasteiger partial charge in [-0.25, -0.2) is 9.69 Å². The second-order valence-electron chi connectivity index (χ2n) is 11.6. The van der Waals surface area contributed by atoms with Crippen molar-refractivity contribution in [1.29, 1.82) is 0 Å². The largest absolute Gasteiger partial charge is 0.489 e.